The average molecular weight is 315 g/mol. The zero-order valence-corrected chi connectivity index (χ0v) is 14.0. The van der Waals surface area contributed by atoms with Crippen molar-refractivity contribution in [3.05, 3.63) is 51.7 Å². The first-order valence-electron chi connectivity index (χ1n) is 8.34. The van der Waals surface area contributed by atoms with Gasteiger partial charge in [-0.25, -0.2) is 0 Å². The van der Waals surface area contributed by atoms with Gasteiger partial charge in [0.2, 0.25) is 0 Å². The fraction of sp³-hybridized carbons (Fsp3) is 0.474. The maximum atomic E-state index is 9.96. The lowest BCUT2D eigenvalue weighted by molar-refractivity contribution is 0.370. The SMILES string of the molecule is CCCC(Cc1cccs1)N[C@@H]1CCc2c(O)cccc2C1. The van der Waals surface area contributed by atoms with Gasteiger partial charge in [-0.2, -0.15) is 0 Å². The summed E-state index contributed by atoms with van der Waals surface area (Å²) in [4.78, 5) is 1.47. The lowest BCUT2D eigenvalue weighted by Gasteiger charge is -2.30. The fourth-order valence-corrected chi connectivity index (χ4v) is 4.31. The Morgan fingerprint density at radius 1 is 1.32 bits per heavy atom. The highest BCUT2D eigenvalue weighted by molar-refractivity contribution is 7.09. The minimum atomic E-state index is 0.472. The van der Waals surface area contributed by atoms with E-state index in [1.54, 1.807) is 0 Å². The van der Waals surface area contributed by atoms with Crippen LogP contribution >= 0.6 is 11.3 Å². The molecule has 0 radical (unpaired) electrons. The van der Waals surface area contributed by atoms with Gasteiger partial charge in [-0.3, -0.25) is 0 Å². The Labute approximate surface area is 137 Å². The van der Waals surface area contributed by atoms with Crippen LogP contribution in [-0.2, 0) is 19.3 Å². The molecular weight excluding hydrogens is 290 g/mol. The topological polar surface area (TPSA) is 32.3 Å². The second-order valence-corrected chi connectivity index (χ2v) is 7.32. The van der Waals surface area contributed by atoms with Crippen molar-refractivity contribution in [2.24, 2.45) is 0 Å². The summed E-state index contributed by atoms with van der Waals surface area (Å²) in [5.41, 5.74) is 2.47. The highest BCUT2D eigenvalue weighted by atomic mass is 32.1. The molecule has 1 heterocycles. The van der Waals surface area contributed by atoms with E-state index in [0.29, 0.717) is 17.8 Å². The van der Waals surface area contributed by atoms with Crippen molar-refractivity contribution in [2.75, 3.05) is 0 Å². The number of thiophene rings is 1. The summed E-state index contributed by atoms with van der Waals surface area (Å²) in [7, 11) is 0. The maximum absolute atomic E-state index is 9.96. The summed E-state index contributed by atoms with van der Waals surface area (Å²) in [5, 5.41) is 16.0. The van der Waals surface area contributed by atoms with Crippen molar-refractivity contribution in [1.29, 1.82) is 0 Å². The second-order valence-electron chi connectivity index (χ2n) is 6.29. The smallest absolute Gasteiger partial charge is 0.119 e. The Balaban J connectivity index is 1.64. The number of benzene rings is 1. The molecular formula is C19H25NOS. The Hall–Kier alpha value is -1.32. The standard InChI is InChI=1S/C19H25NOS/c1-2-5-15(13-17-7-4-11-22-17)20-16-9-10-18-14(12-16)6-3-8-19(18)21/h3-4,6-8,11,15-16,20-21H,2,5,9-10,12-13H2,1H3/t15?,16-/m1/s1. The van der Waals surface area contributed by atoms with Crippen molar-refractivity contribution in [2.45, 2.75) is 57.5 Å². The minimum Gasteiger partial charge on any atom is -0.508 e. The number of aromatic hydroxyl groups is 1. The molecule has 0 amide bonds. The molecule has 2 atom stereocenters. The highest BCUT2D eigenvalue weighted by Crippen LogP contribution is 2.29. The van der Waals surface area contributed by atoms with Crippen LogP contribution in [-0.4, -0.2) is 17.2 Å². The summed E-state index contributed by atoms with van der Waals surface area (Å²) in [5.74, 6) is 0.472. The van der Waals surface area contributed by atoms with E-state index < -0.39 is 0 Å². The molecule has 2 nitrogen and oxygen atoms in total. The maximum Gasteiger partial charge on any atom is 0.119 e. The van der Waals surface area contributed by atoms with E-state index >= 15 is 0 Å². The molecule has 0 aliphatic heterocycles. The number of hydrogen-bond donors (Lipinski definition) is 2. The molecule has 2 aromatic rings. The molecule has 0 spiro atoms. The van der Waals surface area contributed by atoms with Gasteiger partial charge in [0, 0.05) is 17.0 Å². The Bertz CT molecular complexity index is 593. The van der Waals surface area contributed by atoms with Gasteiger partial charge in [0.1, 0.15) is 5.75 Å². The number of fused-ring (bicyclic) bond motifs is 1. The second kappa shape index (κ2) is 7.30. The predicted octanol–water partition coefficient (Wildman–Crippen LogP) is 4.31. The summed E-state index contributed by atoms with van der Waals surface area (Å²) in [6.07, 6.45) is 6.71. The molecule has 3 rings (SSSR count). The van der Waals surface area contributed by atoms with Crippen LogP contribution in [0.2, 0.25) is 0 Å². The molecule has 1 unspecified atom stereocenters. The zero-order chi connectivity index (χ0) is 15.4. The average Bonchev–Trinajstić information content (AvgIpc) is 3.00. The van der Waals surface area contributed by atoms with E-state index in [4.69, 9.17) is 0 Å². The molecule has 0 bridgehead atoms. The van der Waals surface area contributed by atoms with Crippen LogP contribution in [0.5, 0.6) is 5.75 Å². The quantitative estimate of drug-likeness (QED) is 0.832. The molecule has 1 aliphatic carbocycles. The number of hydrogen-bond acceptors (Lipinski definition) is 3. The largest absolute Gasteiger partial charge is 0.508 e. The van der Waals surface area contributed by atoms with Crippen molar-refractivity contribution in [3.8, 4) is 5.75 Å². The van der Waals surface area contributed by atoms with Gasteiger partial charge in [-0.1, -0.05) is 31.5 Å². The van der Waals surface area contributed by atoms with Gasteiger partial charge >= 0.3 is 0 Å². The highest BCUT2D eigenvalue weighted by Gasteiger charge is 2.22. The van der Waals surface area contributed by atoms with Crippen LogP contribution in [0.15, 0.2) is 35.7 Å². The van der Waals surface area contributed by atoms with E-state index in [9.17, 15) is 5.11 Å². The first-order chi connectivity index (χ1) is 10.8. The van der Waals surface area contributed by atoms with Gasteiger partial charge in [-0.05, 0) is 60.7 Å². The lowest BCUT2D eigenvalue weighted by atomic mass is 9.87. The summed E-state index contributed by atoms with van der Waals surface area (Å²) >= 11 is 1.86. The molecule has 2 N–H and O–H groups in total. The van der Waals surface area contributed by atoms with Gasteiger partial charge in [0.25, 0.3) is 0 Å². The van der Waals surface area contributed by atoms with Crippen LogP contribution < -0.4 is 5.32 Å². The fourth-order valence-electron chi connectivity index (χ4n) is 3.53. The number of rotatable bonds is 6. The predicted molar refractivity (Wildman–Crippen MR) is 93.8 cm³/mol. The van der Waals surface area contributed by atoms with Crippen molar-refractivity contribution in [3.63, 3.8) is 0 Å². The minimum absolute atomic E-state index is 0.472. The first-order valence-corrected chi connectivity index (χ1v) is 9.22. The summed E-state index contributed by atoms with van der Waals surface area (Å²) < 4.78 is 0. The number of phenols is 1. The van der Waals surface area contributed by atoms with E-state index in [2.05, 4.69) is 35.8 Å². The molecule has 0 saturated heterocycles. The third-order valence-corrected chi connectivity index (χ3v) is 5.49. The Morgan fingerprint density at radius 3 is 3.00 bits per heavy atom. The van der Waals surface area contributed by atoms with Crippen molar-refractivity contribution < 1.29 is 5.11 Å². The molecule has 0 fully saturated rings. The Kier molecular flexibility index (Phi) is 5.16. The first kappa shape index (κ1) is 15.6. The third-order valence-electron chi connectivity index (χ3n) is 4.59. The van der Waals surface area contributed by atoms with Crippen molar-refractivity contribution in [1.82, 2.24) is 5.32 Å². The molecule has 3 heteroatoms. The Morgan fingerprint density at radius 2 is 2.23 bits per heavy atom. The molecule has 1 aromatic carbocycles. The van der Waals surface area contributed by atoms with Gasteiger partial charge < -0.3 is 10.4 Å². The van der Waals surface area contributed by atoms with Crippen LogP contribution in [0.4, 0.5) is 0 Å². The monoisotopic (exact) mass is 315 g/mol. The third kappa shape index (κ3) is 3.71. The van der Waals surface area contributed by atoms with E-state index in [1.807, 2.05) is 23.5 Å². The zero-order valence-electron chi connectivity index (χ0n) is 13.2. The van der Waals surface area contributed by atoms with Gasteiger partial charge in [-0.15, -0.1) is 11.3 Å². The van der Waals surface area contributed by atoms with Gasteiger partial charge in [0.15, 0.2) is 0 Å². The normalized spacial score (nSPS) is 18.9. The van der Waals surface area contributed by atoms with Crippen molar-refractivity contribution >= 4 is 11.3 Å². The molecule has 1 aromatic heterocycles. The van der Waals surface area contributed by atoms with Crippen LogP contribution in [0.3, 0.4) is 0 Å². The molecule has 22 heavy (non-hydrogen) atoms. The molecule has 1 aliphatic rings. The van der Waals surface area contributed by atoms with Gasteiger partial charge in [0.05, 0.1) is 0 Å². The van der Waals surface area contributed by atoms with E-state index in [1.165, 1.54) is 23.3 Å². The van der Waals surface area contributed by atoms with E-state index in [0.717, 1.165) is 31.2 Å². The van der Waals surface area contributed by atoms with Crippen LogP contribution in [0.1, 0.15) is 42.2 Å². The summed E-state index contributed by atoms with van der Waals surface area (Å²) in [6, 6.07) is 11.4. The summed E-state index contributed by atoms with van der Waals surface area (Å²) in [6.45, 7) is 2.26. The van der Waals surface area contributed by atoms with Crippen LogP contribution in [0.25, 0.3) is 0 Å². The number of phenolic OH excluding ortho intramolecular Hbond substituents is 1. The number of nitrogens with one attached hydrogen (secondary N) is 1. The molecule has 0 saturated carbocycles. The van der Waals surface area contributed by atoms with Crippen LogP contribution in [0, 0.1) is 0 Å². The molecule has 118 valence electrons. The van der Waals surface area contributed by atoms with E-state index in [-0.39, 0.29) is 0 Å². The lowest BCUT2D eigenvalue weighted by Crippen LogP contribution is -2.42.